The standard InChI is InChI=1S/C14H23NO3/c1-2-12-5-3-4-8-15(12)13(16)10-6-7-11(9-10)14(17)18/h10-12H,2-9H2,1H3,(H,17,18)/t10-,11+,12?/m1/s1. The van der Waals surface area contributed by atoms with Gasteiger partial charge in [-0.2, -0.15) is 0 Å². The zero-order valence-electron chi connectivity index (χ0n) is 11.1. The van der Waals surface area contributed by atoms with E-state index in [9.17, 15) is 9.59 Å². The van der Waals surface area contributed by atoms with Gasteiger partial charge in [0.05, 0.1) is 5.92 Å². The SMILES string of the molecule is CCC1CCCCN1C(=O)[C@@H]1CC[C@H](C(=O)O)C1. The van der Waals surface area contributed by atoms with Crippen LogP contribution in [0.3, 0.4) is 0 Å². The van der Waals surface area contributed by atoms with Crippen LogP contribution in [0.1, 0.15) is 51.9 Å². The summed E-state index contributed by atoms with van der Waals surface area (Å²) in [7, 11) is 0. The van der Waals surface area contributed by atoms with E-state index in [1.54, 1.807) is 0 Å². The summed E-state index contributed by atoms with van der Waals surface area (Å²) in [5.74, 6) is -0.872. The van der Waals surface area contributed by atoms with Gasteiger partial charge < -0.3 is 10.0 Å². The fourth-order valence-corrected chi connectivity index (χ4v) is 3.38. The molecule has 4 nitrogen and oxygen atoms in total. The molecule has 102 valence electrons. The lowest BCUT2D eigenvalue weighted by molar-refractivity contribution is -0.142. The topological polar surface area (TPSA) is 57.6 Å². The Kier molecular flexibility index (Phi) is 4.25. The van der Waals surface area contributed by atoms with Crippen LogP contribution in [0.25, 0.3) is 0 Å². The molecule has 4 heteroatoms. The van der Waals surface area contributed by atoms with E-state index >= 15 is 0 Å². The third-order valence-electron chi connectivity index (χ3n) is 4.51. The summed E-state index contributed by atoms with van der Waals surface area (Å²) < 4.78 is 0. The summed E-state index contributed by atoms with van der Waals surface area (Å²) in [4.78, 5) is 25.4. The molecule has 2 rings (SSSR count). The molecule has 0 aromatic heterocycles. The number of carbonyl (C=O) groups excluding carboxylic acids is 1. The van der Waals surface area contributed by atoms with Gasteiger partial charge in [-0.3, -0.25) is 9.59 Å². The average Bonchev–Trinajstić information content (AvgIpc) is 2.87. The fraction of sp³-hybridized carbons (Fsp3) is 0.857. The quantitative estimate of drug-likeness (QED) is 0.839. The summed E-state index contributed by atoms with van der Waals surface area (Å²) >= 11 is 0. The second-order valence-electron chi connectivity index (χ2n) is 5.63. The molecule has 1 saturated carbocycles. The number of aliphatic carboxylic acids is 1. The summed E-state index contributed by atoms with van der Waals surface area (Å²) in [6, 6.07) is 0.384. The van der Waals surface area contributed by atoms with Crippen molar-refractivity contribution in [2.45, 2.75) is 57.9 Å². The number of hydrogen-bond donors (Lipinski definition) is 1. The highest BCUT2D eigenvalue weighted by atomic mass is 16.4. The molecule has 0 aromatic carbocycles. The van der Waals surface area contributed by atoms with Gasteiger partial charge in [-0.05, 0) is 44.9 Å². The van der Waals surface area contributed by atoms with E-state index in [1.165, 1.54) is 6.42 Å². The van der Waals surface area contributed by atoms with Gasteiger partial charge in [0.2, 0.25) is 5.91 Å². The molecule has 0 bridgehead atoms. The fourth-order valence-electron chi connectivity index (χ4n) is 3.38. The van der Waals surface area contributed by atoms with E-state index in [0.717, 1.165) is 32.2 Å². The Morgan fingerprint density at radius 1 is 1.17 bits per heavy atom. The van der Waals surface area contributed by atoms with Crippen molar-refractivity contribution in [1.82, 2.24) is 4.90 Å². The van der Waals surface area contributed by atoms with Crippen molar-refractivity contribution in [2.24, 2.45) is 11.8 Å². The van der Waals surface area contributed by atoms with Crippen molar-refractivity contribution >= 4 is 11.9 Å². The van der Waals surface area contributed by atoms with Gasteiger partial charge in [0.25, 0.3) is 0 Å². The second kappa shape index (κ2) is 5.72. The Morgan fingerprint density at radius 3 is 2.50 bits per heavy atom. The minimum atomic E-state index is -0.740. The molecule has 0 aromatic rings. The van der Waals surface area contributed by atoms with Crippen LogP contribution >= 0.6 is 0 Å². The molecular formula is C14H23NO3. The molecule has 1 N–H and O–H groups in total. The normalized spacial score (nSPS) is 32.5. The van der Waals surface area contributed by atoms with Crippen molar-refractivity contribution in [2.75, 3.05) is 6.54 Å². The van der Waals surface area contributed by atoms with Crippen LogP contribution in [-0.2, 0) is 9.59 Å². The van der Waals surface area contributed by atoms with E-state index in [1.807, 2.05) is 4.90 Å². The van der Waals surface area contributed by atoms with Crippen molar-refractivity contribution in [1.29, 1.82) is 0 Å². The third kappa shape index (κ3) is 2.68. The van der Waals surface area contributed by atoms with E-state index in [0.29, 0.717) is 18.9 Å². The monoisotopic (exact) mass is 253 g/mol. The maximum Gasteiger partial charge on any atom is 0.306 e. The second-order valence-corrected chi connectivity index (χ2v) is 5.63. The number of carboxylic acids is 1. The van der Waals surface area contributed by atoms with E-state index in [-0.39, 0.29) is 17.7 Å². The molecule has 3 atom stereocenters. The van der Waals surface area contributed by atoms with Gasteiger partial charge in [-0.25, -0.2) is 0 Å². The lowest BCUT2D eigenvalue weighted by Crippen LogP contribution is -2.45. The van der Waals surface area contributed by atoms with E-state index < -0.39 is 5.97 Å². The summed E-state index contributed by atoms with van der Waals surface area (Å²) in [5, 5.41) is 9.00. The molecule has 1 amide bonds. The molecule has 1 saturated heterocycles. The number of rotatable bonds is 3. The number of nitrogens with zero attached hydrogens (tertiary/aromatic N) is 1. The van der Waals surface area contributed by atoms with Crippen LogP contribution in [0, 0.1) is 11.8 Å². The third-order valence-corrected chi connectivity index (χ3v) is 4.51. The Balaban J connectivity index is 1.96. The largest absolute Gasteiger partial charge is 0.481 e. The first-order chi connectivity index (χ1) is 8.63. The zero-order chi connectivity index (χ0) is 13.1. The Bertz CT molecular complexity index is 329. The maximum absolute atomic E-state index is 12.5. The molecular weight excluding hydrogens is 230 g/mol. The predicted octanol–water partition coefficient (Wildman–Crippen LogP) is 2.28. The molecule has 0 radical (unpaired) electrons. The summed E-state index contributed by atoms with van der Waals surface area (Å²) in [5.41, 5.74) is 0. The number of carboxylic acid groups (broad SMARTS) is 1. The molecule has 2 fully saturated rings. The number of likely N-dealkylation sites (tertiary alicyclic amines) is 1. The lowest BCUT2D eigenvalue weighted by atomic mass is 9.96. The van der Waals surface area contributed by atoms with Crippen LogP contribution in [-0.4, -0.2) is 34.5 Å². The van der Waals surface area contributed by atoms with Gasteiger partial charge >= 0.3 is 5.97 Å². The van der Waals surface area contributed by atoms with Gasteiger partial charge in [0, 0.05) is 18.5 Å². The predicted molar refractivity (Wildman–Crippen MR) is 68.1 cm³/mol. The molecule has 2 aliphatic rings. The lowest BCUT2D eigenvalue weighted by Gasteiger charge is -2.37. The van der Waals surface area contributed by atoms with Crippen molar-refractivity contribution in [3.8, 4) is 0 Å². The van der Waals surface area contributed by atoms with Gasteiger partial charge in [0.1, 0.15) is 0 Å². The average molecular weight is 253 g/mol. The highest BCUT2D eigenvalue weighted by Crippen LogP contribution is 2.34. The highest BCUT2D eigenvalue weighted by Gasteiger charge is 2.37. The van der Waals surface area contributed by atoms with Crippen molar-refractivity contribution in [3.05, 3.63) is 0 Å². The molecule has 18 heavy (non-hydrogen) atoms. The van der Waals surface area contributed by atoms with Gasteiger partial charge in [0.15, 0.2) is 0 Å². The highest BCUT2D eigenvalue weighted by molar-refractivity contribution is 5.81. The molecule has 1 heterocycles. The smallest absolute Gasteiger partial charge is 0.306 e. The zero-order valence-corrected chi connectivity index (χ0v) is 11.1. The van der Waals surface area contributed by atoms with Crippen molar-refractivity contribution in [3.63, 3.8) is 0 Å². The van der Waals surface area contributed by atoms with Crippen LogP contribution in [0.5, 0.6) is 0 Å². The van der Waals surface area contributed by atoms with Crippen LogP contribution in [0.15, 0.2) is 0 Å². The summed E-state index contributed by atoms with van der Waals surface area (Å²) in [6.45, 7) is 3.00. The Morgan fingerprint density at radius 2 is 1.89 bits per heavy atom. The minimum Gasteiger partial charge on any atom is -0.481 e. The molecule has 1 aliphatic carbocycles. The van der Waals surface area contributed by atoms with E-state index in [2.05, 4.69) is 6.92 Å². The number of amides is 1. The van der Waals surface area contributed by atoms with Crippen LogP contribution in [0.4, 0.5) is 0 Å². The molecule has 0 spiro atoms. The van der Waals surface area contributed by atoms with Gasteiger partial charge in [-0.15, -0.1) is 0 Å². The molecule has 1 aliphatic heterocycles. The first-order valence-corrected chi connectivity index (χ1v) is 7.16. The van der Waals surface area contributed by atoms with Crippen molar-refractivity contribution < 1.29 is 14.7 Å². The molecule has 1 unspecified atom stereocenters. The Hall–Kier alpha value is -1.06. The number of carbonyl (C=O) groups is 2. The van der Waals surface area contributed by atoms with Gasteiger partial charge in [-0.1, -0.05) is 6.92 Å². The first kappa shape index (κ1) is 13.4. The number of hydrogen-bond acceptors (Lipinski definition) is 2. The maximum atomic E-state index is 12.5. The minimum absolute atomic E-state index is 0.0433. The van der Waals surface area contributed by atoms with E-state index in [4.69, 9.17) is 5.11 Å². The van der Waals surface area contributed by atoms with Crippen LogP contribution < -0.4 is 0 Å². The number of piperidine rings is 1. The Labute approximate surface area is 108 Å². The first-order valence-electron chi connectivity index (χ1n) is 7.16. The van der Waals surface area contributed by atoms with Crippen LogP contribution in [0.2, 0.25) is 0 Å². The summed E-state index contributed by atoms with van der Waals surface area (Å²) in [6.07, 6.45) is 6.39.